The molecule has 2 aromatic carbocycles. The van der Waals surface area contributed by atoms with Crippen molar-refractivity contribution in [2.45, 2.75) is 13.5 Å². The minimum Gasteiger partial charge on any atom is -0.490 e. The molecule has 0 saturated carbocycles. The van der Waals surface area contributed by atoms with Crippen molar-refractivity contribution >= 4 is 12.0 Å². The van der Waals surface area contributed by atoms with E-state index in [4.69, 9.17) is 20.5 Å². The lowest BCUT2D eigenvalue weighted by Gasteiger charge is -2.13. The molecule has 0 bridgehead atoms. The lowest BCUT2D eigenvalue weighted by atomic mass is 10.1. The van der Waals surface area contributed by atoms with Gasteiger partial charge in [-0.2, -0.15) is 5.26 Å². The summed E-state index contributed by atoms with van der Waals surface area (Å²) in [5.41, 5.74) is 6.39. The fraction of sp³-hybridized carbons (Fsp3) is 0.158. The summed E-state index contributed by atoms with van der Waals surface area (Å²) < 4.78 is 24.2. The topological polar surface area (TPSA) is 85.3 Å². The smallest absolute Gasteiger partial charge is 0.259 e. The summed E-state index contributed by atoms with van der Waals surface area (Å²) in [5.74, 6) is -0.129. The molecule has 5 nitrogen and oxygen atoms in total. The minimum atomic E-state index is -0.794. The molecular formula is C19H17FN2O3. The first kappa shape index (κ1) is 18.0. The van der Waals surface area contributed by atoms with Crippen LogP contribution in [0.25, 0.3) is 6.08 Å². The van der Waals surface area contributed by atoms with Gasteiger partial charge in [0.05, 0.1) is 6.61 Å². The molecule has 1 amide bonds. The first-order chi connectivity index (χ1) is 12.0. The zero-order valence-electron chi connectivity index (χ0n) is 13.7. The molecule has 0 aliphatic rings. The molecule has 0 unspecified atom stereocenters. The van der Waals surface area contributed by atoms with Gasteiger partial charge in [0, 0.05) is 0 Å². The highest BCUT2D eigenvalue weighted by Gasteiger charge is 2.09. The number of nitrogens with zero attached hydrogens (tertiary/aromatic N) is 1. The number of hydrogen-bond donors (Lipinski definition) is 1. The van der Waals surface area contributed by atoms with E-state index in [-0.39, 0.29) is 18.0 Å². The van der Waals surface area contributed by atoms with Crippen LogP contribution in [0, 0.1) is 17.1 Å². The summed E-state index contributed by atoms with van der Waals surface area (Å²) in [6.45, 7) is 2.50. The lowest BCUT2D eigenvalue weighted by Crippen LogP contribution is -2.12. The molecule has 0 saturated heterocycles. The molecule has 128 valence electrons. The van der Waals surface area contributed by atoms with Crippen LogP contribution in [0.4, 0.5) is 4.39 Å². The molecule has 0 aliphatic carbocycles. The summed E-state index contributed by atoms with van der Waals surface area (Å²) in [4.78, 5) is 11.1. The van der Waals surface area contributed by atoms with Crippen molar-refractivity contribution in [2.75, 3.05) is 6.61 Å². The minimum absolute atomic E-state index is 0.151. The predicted molar refractivity (Wildman–Crippen MR) is 91.1 cm³/mol. The number of carbonyl (C=O) groups is 1. The van der Waals surface area contributed by atoms with Gasteiger partial charge in [0.2, 0.25) is 0 Å². The zero-order valence-corrected chi connectivity index (χ0v) is 13.7. The van der Waals surface area contributed by atoms with E-state index in [0.29, 0.717) is 23.7 Å². The normalized spacial score (nSPS) is 10.8. The number of primary amides is 1. The number of hydrogen-bond acceptors (Lipinski definition) is 4. The monoisotopic (exact) mass is 340 g/mol. The SMILES string of the molecule is CCOc1cc(/C=C(/C#N)C(N)=O)ccc1OCc1ccc(F)cc1. The second-order valence-electron chi connectivity index (χ2n) is 5.09. The Hall–Kier alpha value is -3.33. The number of benzene rings is 2. The van der Waals surface area contributed by atoms with Gasteiger partial charge in [-0.25, -0.2) is 4.39 Å². The summed E-state index contributed by atoms with van der Waals surface area (Å²) in [6.07, 6.45) is 1.38. The fourth-order valence-electron chi connectivity index (χ4n) is 2.07. The average molecular weight is 340 g/mol. The van der Waals surface area contributed by atoms with Crippen molar-refractivity contribution < 1.29 is 18.7 Å². The molecule has 25 heavy (non-hydrogen) atoms. The van der Waals surface area contributed by atoms with Gasteiger partial charge in [-0.15, -0.1) is 0 Å². The third-order valence-electron chi connectivity index (χ3n) is 3.27. The fourth-order valence-corrected chi connectivity index (χ4v) is 2.07. The molecule has 0 spiro atoms. The van der Waals surface area contributed by atoms with E-state index in [1.54, 1.807) is 36.4 Å². The van der Waals surface area contributed by atoms with Crippen LogP contribution in [0.1, 0.15) is 18.1 Å². The van der Waals surface area contributed by atoms with E-state index >= 15 is 0 Å². The van der Waals surface area contributed by atoms with Crippen LogP contribution in [-0.2, 0) is 11.4 Å². The zero-order chi connectivity index (χ0) is 18.2. The van der Waals surface area contributed by atoms with Crippen LogP contribution in [-0.4, -0.2) is 12.5 Å². The van der Waals surface area contributed by atoms with E-state index < -0.39 is 5.91 Å². The van der Waals surface area contributed by atoms with Crippen molar-refractivity contribution in [1.82, 2.24) is 0 Å². The van der Waals surface area contributed by atoms with E-state index in [0.717, 1.165) is 5.56 Å². The Morgan fingerprint density at radius 2 is 1.92 bits per heavy atom. The maximum atomic E-state index is 12.9. The molecule has 6 heteroatoms. The highest BCUT2D eigenvalue weighted by molar-refractivity contribution is 6.00. The standard InChI is InChI=1S/C19H17FN2O3/c1-2-24-18-10-14(9-15(11-21)19(22)23)5-8-17(18)25-12-13-3-6-16(20)7-4-13/h3-10H,2,12H2,1H3,(H2,22,23)/b15-9-. The second-order valence-corrected chi connectivity index (χ2v) is 5.09. The number of halogens is 1. The Morgan fingerprint density at radius 3 is 2.52 bits per heavy atom. The quantitative estimate of drug-likeness (QED) is 0.619. The molecule has 2 aromatic rings. The van der Waals surface area contributed by atoms with E-state index in [2.05, 4.69) is 0 Å². The maximum absolute atomic E-state index is 12.9. The van der Waals surface area contributed by atoms with Gasteiger partial charge in [0.25, 0.3) is 5.91 Å². The van der Waals surface area contributed by atoms with Gasteiger partial charge in [-0.05, 0) is 48.4 Å². The average Bonchev–Trinajstić information content (AvgIpc) is 2.60. The van der Waals surface area contributed by atoms with Crippen LogP contribution < -0.4 is 15.2 Å². The number of amides is 1. The Balaban J connectivity index is 2.22. The van der Waals surface area contributed by atoms with Crippen molar-refractivity contribution in [1.29, 1.82) is 5.26 Å². The Bertz CT molecular complexity index is 824. The van der Waals surface area contributed by atoms with Crippen LogP contribution >= 0.6 is 0 Å². The van der Waals surface area contributed by atoms with Crippen molar-refractivity contribution in [2.24, 2.45) is 5.73 Å². The van der Waals surface area contributed by atoms with Crippen LogP contribution in [0.5, 0.6) is 11.5 Å². The van der Waals surface area contributed by atoms with Crippen molar-refractivity contribution in [3.05, 3.63) is 65.0 Å². The second kappa shape index (κ2) is 8.50. The summed E-state index contributed by atoms with van der Waals surface area (Å²) >= 11 is 0. The molecule has 0 radical (unpaired) electrons. The third-order valence-corrected chi connectivity index (χ3v) is 3.27. The van der Waals surface area contributed by atoms with Gasteiger partial charge in [-0.1, -0.05) is 18.2 Å². The summed E-state index contributed by atoms with van der Waals surface area (Å²) in [7, 11) is 0. The number of nitriles is 1. The van der Waals surface area contributed by atoms with Crippen molar-refractivity contribution in [3.8, 4) is 17.6 Å². The van der Waals surface area contributed by atoms with Crippen LogP contribution in [0.3, 0.4) is 0 Å². The number of ether oxygens (including phenoxy) is 2. The molecule has 0 atom stereocenters. The van der Waals surface area contributed by atoms with Gasteiger partial charge < -0.3 is 15.2 Å². The molecule has 0 fully saturated rings. The Morgan fingerprint density at radius 1 is 1.20 bits per heavy atom. The van der Waals surface area contributed by atoms with E-state index in [9.17, 15) is 9.18 Å². The van der Waals surface area contributed by atoms with Gasteiger partial charge in [-0.3, -0.25) is 4.79 Å². The number of rotatable bonds is 7. The summed E-state index contributed by atoms with van der Waals surface area (Å²) in [6, 6.07) is 12.8. The lowest BCUT2D eigenvalue weighted by molar-refractivity contribution is -0.114. The van der Waals surface area contributed by atoms with Gasteiger partial charge >= 0.3 is 0 Å². The third kappa shape index (κ3) is 5.08. The van der Waals surface area contributed by atoms with E-state index in [1.165, 1.54) is 18.2 Å². The Kier molecular flexibility index (Phi) is 6.13. The Labute approximate surface area is 145 Å². The number of nitrogens with two attached hydrogens (primary N) is 1. The molecule has 0 aliphatic heterocycles. The first-order valence-corrected chi connectivity index (χ1v) is 7.59. The molecule has 2 rings (SSSR count). The first-order valence-electron chi connectivity index (χ1n) is 7.59. The van der Waals surface area contributed by atoms with E-state index in [1.807, 2.05) is 6.92 Å². The molecular weight excluding hydrogens is 323 g/mol. The maximum Gasteiger partial charge on any atom is 0.259 e. The molecule has 0 heterocycles. The largest absolute Gasteiger partial charge is 0.490 e. The summed E-state index contributed by atoms with van der Waals surface area (Å²) in [5, 5.41) is 8.91. The predicted octanol–water partition coefficient (Wildman–Crippen LogP) is 3.20. The van der Waals surface area contributed by atoms with Crippen LogP contribution in [0.2, 0.25) is 0 Å². The highest BCUT2D eigenvalue weighted by atomic mass is 19.1. The number of carbonyl (C=O) groups excluding carboxylic acids is 1. The van der Waals surface area contributed by atoms with Gasteiger partial charge in [0.1, 0.15) is 24.1 Å². The highest BCUT2D eigenvalue weighted by Crippen LogP contribution is 2.30. The molecule has 0 aromatic heterocycles. The van der Waals surface area contributed by atoms with Crippen molar-refractivity contribution in [3.63, 3.8) is 0 Å². The van der Waals surface area contributed by atoms with Crippen LogP contribution in [0.15, 0.2) is 48.0 Å². The van der Waals surface area contributed by atoms with Gasteiger partial charge in [0.15, 0.2) is 11.5 Å². The molecule has 2 N–H and O–H groups in total.